The van der Waals surface area contributed by atoms with Crippen molar-refractivity contribution in [2.45, 2.75) is 24.3 Å². The molecule has 0 saturated carbocycles. The minimum atomic E-state index is -0.919. The molecular weight excluding hydrogens is 303 g/mol. The summed E-state index contributed by atoms with van der Waals surface area (Å²) in [6.45, 7) is 0.866. The number of hydrogen-bond acceptors (Lipinski definition) is 4. The summed E-state index contributed by atoms with van der Waals surface area (Å²) in [5.41, 5.74) is -0.227. The first kappa shape index (κ1) is 15.7. The highest BCUT2D eigenvalue weighted by molar-refractivity contribution is 6.21. The van der Waals surface area contributed by atoms with Crippen LogP contribution in [-0.2, 0) is 4.79 Å². The van der Waals surface area contributed by atoms with Gasteiger partial charge in [0.15, 0.2) is 0 Å². The van der Waals surface area contributed by atoms with E-state index in [9.17, 15) is 19.3 Å². The number of nitrogens with zero attached hydrogens (tertiary/aromatic N) is 2. The zero-order valence-corrected chi connectivity index (χ0v) is 11.8. The Bertz CT molecular complexity index is 569. The fourth-order valence-electron chi connectivity index (χ4n) is 2.50. The molecule has 0 aromatic heterocycles. The number of hydrogen-bond donors (Lipinski definition) is 1. The number of benzene rings is 1. The maximum absolute atomic E-state index is 13.3. The lowest BCUT2D eigenvalue weighted by Gasteiger charge is -2.23. The van der Waals surface area contributed by atoms with Gasteiger partial charge in [-0.25, -0.2) is 0 Å². The van der Waals surface area contributed by atoms with E-state index in [1.807, 2.05) is 0 Å². The number of nitro benzene ring substituents is 1. The van der Waals surface area contributed by atoms with Crippen LogP contribution in [0.2, 0.25) is 0 Å². The van der Waals surface area contributed by atoms with Gasteiger partial charge in [-0.15, -0.1) is 11.6 Å². The van der Waals surface area contributed by atoms with Crippen molar-refractivity contribution in [3.63, 3.8) is 0 Å². The SMILES string of the molecule is O=C(O)C1CCCN1CC(Cl)c1ccc(F)c([N+](=O)[O-])c1. The highest BCUT2D eigenvalue weighted by Gasteiger charge is 2.32. The van der Waals surface area contributed by atoms with Crippen molar-refractivity contribution < 1.29 is 19.2 Å². The zero-order valence-electron chi connectivity index (χ0n) is 11.0. The second-order valence-electron chi connectivity index (χ2n) is 4.93. The molecule has 21 heavy (non-hydrogen) atoms. The Morgan fingerprint density at radius 2 is 2.33 bits per heavy atom. The van der Waals surface area contributed by atoms with Gasteiger partial charge < -0.3 is 5.11 Å². The monoisotopic (exact) mass is 316 g/mol. The fourth-order valence-corrected chi connectivity index (χ4v) is 2.81. The summed E-state index contributed by atoms with van der Waals surface area (Å²) in [5.74, 6) is -1.82. The Morgan fingerprint density at radius 1 is 1.62 bits per heavy atom. The van der Waals surface area contributed by atoms with Crippen molar-refractivity contribution in [2.75, 3.05) is 13.1 Å². The van der Waals surface area contributed by atoms with Crippen LogP contribution in [0.4, 0.5) is 10.1 Å². The molecule has 1 aliphatic rings. The normalized spacial score (nSPS) is 20.4. The topological polar surface area (TPSA) is 83.7 Å². The molecule has 0 aliphatic carbocycles. The second kappa shape index (κ2) is 6.36. The Hall–Kier alpha value is -1.73. The molecule has 1 heterocycles. The fraction of sp³-hybridized carbons (Fsp3) is 0.462. The molecule has 1 fully saturated rings. The van der Waals surface area contributed by atoms with E-state index >= 15 is 0 Å². The van der Waals surface area contributed by atoms with Crippen LogP contribution in [0.5, 0.6) is 0 Å². The van der Waals surface area contributed by atoms with E-state index in [2.05, 4.69) is 0 Å². The molecule has 0 spiro atoms. The van der Waals surface area contributed by atoms with Crippen molar-refractivity contribution in [1.82, 2.24) is 4.90 Å². The summed E-state index contributed by atoms with van der Waals surface area (Å²) >= 11 is 6.21. The zero-order chi connectivity index (χ0) is 15.6. The third kappa shape index (κ3) is 3.48. The number of nitro groups is 1. The molecular formula is C13H14ClFN2O4. The van der Waals surface area contributed by atoms with Crippen LogP contribution >= 0.6 is 11.6 Å². The lowest BCUT2D eigenvalue weighted by molar-refractivity contribution is -0.387. The van der Waals surface area contributed by atoms with E-state index in [1.54, 1.807) is 4.90 Å². The van der Waals surface area contributed by atoms with E-state index in [0.717, 1.165) is 18.6 Å². The average molecular weight is 317 g/mol. The van der Waals surface area contributed by atoms with Gasteiger partial charge in [-0.3, -0.25) is 19.8 Å². The van der Waals surface area contributed by atoms with Gasteiger partial charge in [-0.2, -0.15) is 4.39 Å². The van der Waals surface area contributed by atoms with Gasteiger partial charge in [0.2, 0.25) is 5.82 Å². The van der Waals surface area contributed by atoms with Gasteiger partial charge in [0.25, 0.3) is 0 Å². The lowest BCUT2D eigenvalue weighted by Crippen LogP contribution is -2.37. The lowest BCUT2D eigenvalue weighted by atomic mass is 10.1. The Balaban J connectivity index is 2.13. The van der Waals surface area contributed by atoms with Crippen LogP contribution in [0.3, 0.4) is 0 Å². The Morgan fingerprint density at radius 3 is 2.95 bits per heavy atom. The Labute approximate surface area is 125 Å². The van der Waals surface area contributed by atoms with Crippen LogP contribution in [0.25, 0.3) is 0 Å². The van der Waals surface area contributed by atoms with E-state index in [4.69, 9.17) is 16.7 Å². The molecule has 1 aliphatic heterocycles. The maximum Gasteiger partial charge on any atom is 0.320 e. The largest absolute Gasteiger partial charge is 0.480 e. The van der Waals surface area contributed by atoms with Crippen molar-refractivity contribution in [2.24, 2.45) is 0 Å². The van der Waals surface area contributed by atoms with Crippen molar-refractivity contribution >= 4 is 23.3 Å². The van der Waals surface area contributed by atoms with Gasteiger partial charge in [0.05, 0.1) is 10.3 Å². The predicted molar refractivity (Wildman–Crippen MR) is 73.9 cm³/mol. The van der Waals surface area contributed by atoms with Gasteiger partial charge in [0.1, 0.15) is 6.04 Å². The smallest absolute Gasteiger partial charge is 0.320 e. The first-order chi connectivity index (χ1) is 9.90. The number of rotatable bonds is 5. The number of aliphatic carboxylic acids is 1. The third-order valence-corrected chi connectivity index (χ3v) is 3.96. The van der Waals surface area contributed by atoms with E-state index < -0.39 is 33.8 Å². The van der Waals surface area contributed by atoms with E-state index in [1.165, 1.54) is 6.07 Å². The van der Waals surface area contributed by atoms with Gasteiger partial charge in [-0.1, -0.05) is 6.07 Å². The minimum Gasteiger partial charge on any atom is -0.480 e. The molecule has 1 aromatic rings. The predicted octanol–water partition coefficient (Wildman–Crippen LogP) is 2.56. The molecule has 6 nitrogen and oxygen atoms in total. The quantitative estimate of drug-likeness (QED) is 0.513. The van der Waals surface area contributed by atoms with Crippen molar-refractivity contribution in [3.05, 3.63) is 39.7 Å². The summed E-state index contributed by atoms with van der Waals surface area (Å²) in [4.78, 5) is 22.7. The van der Waals surface area contributed by atoms with Crippen LogP contribution in [-0.4, -0.2) is 40.0 Å². The average Bonchev–Trinajstić information content (AvgIpc) is 2.87. The molecule has 114 valence electrons. The summed E-state index contributed by atoms with van der Waals surface area (Å²) in [6.07, 6.45) is 1.33. The highest BCUT2D eigenvalue weighted by Crippen LogP contribution is 2.29. The van der Waals surface area contributed by atoms with E-state index in [-0.39, 0.29) is 6.54 Å². The maximum atomic E-state index is 13.3. The molecule has 0 amide bonds. The second-order valence-corrected chi connectivity index (χ2v) is 5.45. The number of carbonyl (C=O) groups is 1. The third-order valence-electron chi connectivity index (χ3n) is 3.57. The molecule has 1 aromatic carbocycles. The molecule has 8 heteroatoms. The number of halogens is 2. The first-order valence-corrected chi connectivity index (χ1v) is 6.88. The summed E-state index contributed by atoms with van der Waals surface area (Å²) in [5, 5.41) is 19.2. The molecule has 1 N–H and O–H groups in total. The van der Waals surface area contributed by atoms with Gasteiger partial charge in [0, 0.05) is 12.6 Å². The number of alkyl halides is 1. The van der Waals surface area contributed by atoms with Crippen LogP contribution in [0, 0.1) is 15.9 Å². The van der Waals surface area contributed by atoms with E-state index in [0.29, 0.717) is 18.5 Å². The van der Waals surface area contributed by atoms with Crippen molar-refractivity contribution in [1.29, 1.82) is 0 Å². The van der Waals surface area contributed by atoms with Crippen LogP contribution < -0.4 is 0 Å². The van der Waals surface area contributed by atoms with Gasteiger partial charge >= 0.3 is 11.7 Å². The minimum absolute atomic E-state index is 0.251. The molecule has 2 rings (SSSR count). The number of carboxylic acid groups (broad SMARTS) is 1. The molecule has 2 unspecified atom stereocenters. The van der Waals surface area contributed by atoms with Crippen LogP contribution in [0.15, 0.2) is 18.2 Å². The highest BCUT2D eigenvalue weighted by atomic mass is 35.5. The number of likely N-dealkylation sites (tertiary alicyclic amines) is 1. The van der Waals surface area contributed by atoms with Crippen molar-refractivity contribution in [3.8, 4) is 0 Å². The standard InChI is InChI=1S/C13H14ClFN2O4/c14-9(7-16-5-1-2-11(16)13(18)19)8-3-4-10(15)12(6-8)17(20)21/h3-4,6,9,11H,1-2,5,7H2,(H,18,19). The molecule has 2 atom stereocenters. The number of carboxylic acids is 1. The first-order valence-electron chi connectivity index (χ1n) is 6.45. The Kier molecular flexibility index (Phi) is 4.74. The van der Waals surface area contributed by atoms with Crippen LogP contribution in [0.1, 0.15) is 23.8 Å². The molecule has 0 bridgehead atoms. The summed E-state index contributed by atoms with van der Waals surface area (Å²) in [7, 11) is 0. The molecule has 1 saturated heterocycles. The summed E-state index contributed by atoms with van der Waals surface area (Å²) < 4.78 is 13.3. The van der Waals surface area contributed by atoms with Gasteiger partial charge in [-0.05, 0) is 31.0 Å². The summed E-state index contributed by atoms with van der Waals surface area (Å²) in [6, 6.07) is 2.90. The molecule has 0 radical (unpaired) electrons.